The van der Waals surface area contributed by atoms with E-state index >= 15 is 0 Å². The summed E-state index contributed by atoms with van der Waals surface area (Å²) in [5.74, 6) is -2.43. The Morgan fingerprint density at radius 3 is 2.31 bits per heavy atom. The van der Waals surface area contributed by atoms with Crippen LogP contribution in [0.2, 0.25) is 5.02 Å². The molecular formula is C34H36Cl2N4O8. The van der Waals surface area contributed by atoms with Crippen molar-refractivity contribution in [3.8, 4) is 0 Å². The molecule has 2 aromatic rings. The number of hydrogen-bond donors (Lipinski definition) is 2. The van der Waals surface area contributed by atoms with Crippen molar-refractivity contribution < 1.29 is 38.6 Å². The van der Waals surface area contributed by atoms with Crippen molar-refractivity contribution in [3.63, 3.8) is 0 Å². The van der Waals surface area contributed by atoms with Gasteiger partial charge in [-0.2, -0.15) is 0 Å². The third kappa shape index (κ3) is 7.51. The summed E-state index contributed by atoms with van der Waals surface area (Å²) < 4.78 is 9.81. The number of pyridine rings is 1. The minimum Gasteiger partial charge on any atom is -0.478 e. The summed E-state index contributed by atoms with van der Waals surface area (Å²) in [4.78, 5) is 70.3. The number of aromatic nitrogens is 1. The van der Waals surface area contributed by atoms with Gasteiger partial charge >= 0.3 is 11.9 Å². The Labute approximate surface area is 287 Å². The number of aliphatic imine (C=N–C) groups is 1. The second-order valence-corrected chi connectivity index (χ2v) is 12.5. The Morgan fingerprint density at radius 2 is 1.77 bits per heavy atom. The van der Waals surface area contributed by atoms with Gasteiger partial charge in [0.2, 0.25) is 0 Å². The minimum atomic E-state index is -1.13. The van der Waals surface area contributed by atoms with E-state index in [1.165, 1.54) is 30.3 Å². The molecule has 48 heavy (non-hydrogen) atoms. The van der Waals surface area contributed by atoms with E-state index in [-0.39, 0.29) is 59.0 Å². The molecule has 12 nitrogen and oxygen atoms in total. The predicted molar refractivity (Wildman–Crippen MR) is 180 cm³/mol. The minimum absolute atomic E-state index is 0.0124. The van der Waals surface area contributed by atoms with Crippen molar-refractivity contribution in [3.05, 3.63) is 74.0 Å². The lowest BCUT2D eigenvalue weighted by Gasteiger charge is -2.21. The highest BCUT2D eigenvalue weighted by Crippen LogP contribution is 2.37. The molecule has 3 heterocycles. The number of hydrogen-bond acceptors (Lipinski definition) is 9. The van der Waals surface area contributed by atoms with Gasteiger partial charge in [-0.3, -0.25) is 19.4 Å². The molecule has 1 aromatic carbocycles. The number of ether oxygens (including phenoxy) is 2. The molecule has 1 unspecified atom stereocenters. The number of amides is 3. The third-order valence-electron chi connectivity index (χ3n) is 8.25. The number of aromatic carboxylic acids is 1. The summed E-state index contributed by atoms with van der Waals surface area (Å²) >= 11 is 12.1. The monoisotopic (exact) mass is 698 g/mol. The largest absolute Gasteiger partial charge is 0.478 e. The van der Waals surface area contributed by atoms with Crippen LogP contribution in [0.4, 0.5) is 5.69 Å². The zero-order chi connectivity index (χ0) is 35.3. The van der Waals surface area contributed by atoms with Crippen LogP contribution in [0.15, 0.2) is 51.6 Å². The van der Waals surface area contributed by atoms with Crippen molar-refractivity contribution in [2.75, 3.05) is 18.6 Å². The quantitative estimate of drug-likeness (QED) is 0.197. The van der Waals surface area contributed by atoms with Crippen LogP contribution in [0.1, 0.15) is 80.6 Å². The number of carboxylic acids is 1. The van der Waals surface area contributed by atoms with Crippen LogP contribution in [0.3, 0.4) is 0 Å². The first-order valence-electron chi connectivity index (χ1n) is 15.3. The van der Waals surface area contributed by atoms with E-state index in [2.05, 4.69) is 15.3 Å². The lowest BCUT2D eigenvalue weighted by Crippen LogP contribution is -2.41. The number of carboxylic acid groups (broad SMARTS) is 1. The predicted octanol–water partition coefficient (Wildman–Crippen LogP) is 5.44. The average molecular weight is 700 g/mol. The fourth-order valence-corrected chi connectivity index (χ4v) is 5.65. The molecule has 3 amide bonds. The van der Waals surface area contributed by atoms with E-state index in [0.717, 1.165) is 12.8 Å². The Kier molecular flexibility index (Phi) is 11.6. The number of benzene rings is 1. The van der Waals surface area contributed by atoms with Crippen LogP contribution >= 0.6 is 23.2 Å². The van der Waals surface area contributed by atoms with E-state index in [9.17, 15) is 29.1 Å². The van der Waals surface area contributed by atoms with E-state index < -0.39 is 17.5 Å². The Balaban J connectivity index is 0.000000220. The number of amidine groups is 1. The lowest BCUT2D eigenvalue weighted by molar-refractivity contribution is -0.137. The van der Waals surface area contributed by atoms with Gasteiger partial charge in [0.05, 0.1) is 24.5 Å². The number of methoxy groups -OCH3 is 1. The van der Waals surface area contributed by atoms with Crippen molar-refractivity contribution in [1.29, 1.82) is 0 Å². The number of esters is 1. The Morgan fingerprint density at radius 1 is 1.12 bits per heavy atom. The van der Waals surface area contributed by atoms with Crippen LogP contribution < -0.4 is 10.2 Å². The van der Waals surface area contributed by atoms with Gasteiger partial charge < -0.3 is 19.9 Å². The van der Waals surface area contributed by atoms with Gasteiger partial charge in [-0.05, 0) is 86.9 Å². The molecule has 14 heteroatoms. The van der Waals surface area contributed by atoms with Crippen LogP contribution in [0.5, 0.6) is 0 Å². The topological polar surface area (TPSA) is 165 Å². The summed E-state index contributed by atoms with van der Waals surface area (Å²) in [6, 6.07) is 6.22. The third-order valence-corrected chi connectivity index (χ3v) is 8.86. The molecular weight excluding hydrogens is 663 g/mol. The maximum Gasteiger partial charge on any atom is 0.349 e. The van der Waals surface area contributed by atoms with Crippen molar-refractivity contribution in [2.45, 2.75) is 65.5 Å². The molecule has 0 saturated heterocycles. The maximum atomic E-state index is 12.7. The van der Waals surface area contributed by atoms with E-state index in [4.69, 9.17) is 32.7 Å². The second-order valence-electron chi connectivity index (χ2n) is 11.7. The molecule has 2 aliphatic heterocycles. The van der Waals surface area contributed by atoms with Crippen LogP contribution in [-0.2, 0) is 35.3 Å². The Hall–Kier alpha value is -4.39. The first-order valence-corrected chi connectivity index (χ1v) is 16.1. The van der Waals surface area contributed by atoms with Crippen LogP contribution in [-0.4, -0.2) is 64.8 Å². The van der Waals surface area contributed by atoms with Gasteiger partial charge in [-0.15, -0.1) is 0 Å². The molecule has 0 radical (unpaired) electrons. The summed E-state index contributed by atoms with van der Waals surface area (Å²) in [6.07, 6.45) is 5.97. The fraction of sp³-hybridized carbons (Fsp3) is 0.382. The number of nitrogens with zero attached hydrogens (tertiary/aromatic N) is 3. The van der Waals surface area contributed by atoms with Crippen LogP contribution in [0, 0.1) is 5.92 Å². The van der Waals surface area contributed by atoms with Gasteiger partial charge in [0.25, 0.3) is 17.7 Å². The molecule has 1 aromatic heterocycles. The van der Waals surface area contributed by atoms with Gasteiger partial charge in [0.1, 0.15) is 16.3 Å². The molecule has 0 spiro atoms. The molecule has 1 atom stereocenters. The van der Waals surface area contributed by atoms with E-state index in [1.54, 1.807) is 32.0 Å². The summed E-state index contributed by atoms with van der Waals surface area (Å²) in [7, 11) is 1.52. The maximum absolute atomic E-state index is 12.7. The molecule has 2 N–H and O–H groups in total. The highest BCUT2D eigenvalue weighted by Gasteiger charge is 2.43. The number of carbonyl (C=O) groups is 5. The molecule has 3 aliphatic rings. The smallest absolute Gasteiger partial charge is 0.349 e. The first-order chi connectivity index (χ1) is 22.7. The molecule has 0 fully saturated rings. The van der Waals surface area contributed by atoms with Gasteiger partial charge in [0.15, 0.2) is 5.84 Å². The van der Waals surface area contributed by atoms with E-state index in [0.29, 0.717) is 45.8 Å². The van der Waals surface area contributed by atoms with Crippen molar-refractivity contribution in [2.24, 2.45) is 10.9 Å². The number of imide groups is 1. The van der Waals surface area contributed by atoms with Gasteiger partial charge in [-0.25, -0.2) is 19.5 Å². The number of anilines is 1. The average Bonchev–Trinajstić information content (AvgIpc) is 3.50. The highest BCUT2D eigenvalue weighted by atomic mass is 35.5. The number of rotatable bonds is 9. The van der Waals surface area contributed by atoms with Gasteiger partial charge in [-0.1, -0.05) is 37.0 Å². The number of carbonyl (C=O) groups excluding carboxylic acids is 4. The highest BCUT2D eigenvalue weighted by molar-refractivity contribution is 6.43. The summed E-state index contributed by atoms with van der Waals surface area (Å²) in [5, 5.41) is 12.2. The zero-order valence-electron chi connectivity index (χ0n) is 27.2. The molecule has 0 saturated carbocycles. The van der Waals surface area contributed by atoms with Crippen LogP contribution in [0.25, 0.3) is 6.08 Å². The van der Waals surface area contributed by atoms with Crippen molar-refractivity contribution in [1.82, 2.24) is 10.3 Å². The summed E-state index contributed by atoms with van der Waals surface area (Å²) in [5.41, 5.74) is 1.91. The molecule has 5 rings (SSSR count). The lowest BCUT2D eigenvalue weighted by atomic mass is 9.89. The fourth-order valence-electron chi connectivity index (χ4n) is 5.30. The van der Waals surface area contributed by atoms with Crippen molar-refractivity contribution >= 4 is 70.5 Å². The normalized spacial score (nSPS) is 19.2. The molecule has 1 aliphatic carbocycles. The number of nitrogens with one attached hydrogen (secondary N) is 1. The Bertz CT molecular complexity index is 1740. The standard InChI is InChI=1S/C19H17Cl2NO4.C15H19N3O4/c1-2-26-19(25)16(21)10-11-9-12(7-8-15(11)20)22-17(23)13-5-3-4-6-14(13)18(22)24;1-8(2)15(3)14(21)17-12(18-15)11-10(13(19)20)5-9(6-16-11)7-22-4/h7-10H,2-6H2,1H3;5-6,8H,7H2,1-4H3,(H,19,20)(H,17,18,21)/b16-10-;. The van der Waals surface area contributed by atoms with Gasteiger partial charge in [0, 0.05) is 29.5 Å². The SMILES string of the molecule is CCOC(=O)/C(Cl)=C/c1cc(N2C(=O)C3=C(CCCC3)C2=O)ccc1Cl.COCc1cnc(C2=NC(C)(C(C)C)C(=O)N2)c(C(=O)O)c1. The van der Waals surface area contributed by atoms with E-state index in [1.807, 2.05) is 13.8 Å². The second kappa shape index (κ2) is 15.2. The summed E-state index contributed by atoms with van der Waals surface area (Å²) in [6.45, 7) is 7.63. The molecule has 0 bridgehead atoms. The number of halogens is 2. The molecule has 254 valence electrons. The zero-order valence-corrected chi connectivity index (χ0v) is 28.7. The first kappa shape index (κ1) is 36.4.